The van der Waals surface area contributed by atoms with Crippen molar-refractivity contribution in [3.8, 4) is 0 Å². The number of allylic oxidation sites excluding steroid dienone is 4. The molecular formula is C30H41N3O9. The molecule has 0 saturated heterocycles. The highest BCUT2D eigenvalue weighted by Gasteiger charge is 2.33. The van der Waals surface area contributed by atoms with Gasteiger partial charge in [0.25, 0.3) is 5.91 Å². The second kappa shape index (κ2) is 15.9. The second-order valence-electron chi connectivity index (χ2n) is 10.5. The molecule has 2 rings (SSSR count). The van der Waals surface area contributed by atoms with E-state index in [2.05, 4.69) is 10.6 Å². The Morgan fingerprint density at radius 1 is 1.19 bits per heavy atom. The molecule has 12 nitrogen and oxygen atoms in total. The molecule has 12 heteroatoms. The van der Waals surface area contributed by atoms with Gasteiger partial charge in [-0.3, -0.25) is 14.4 Å². The van der Waals surface area contributed by atoms with Gasteiger partial charge in [0, 0.05) is 37.4 Å². The first-order valence-electron chi connectivity index (χ1n) is 13.6. The first kappa shape index (κ1) is 34.3. The van der Waals surface area contributed by atoms with Crippen molar-refractivity contribution in [2.45, 2.75) is 65.0 Å². The third kappa shape index (κ3) is 9.07. The molecule has 2 bridgehead atoms. The van der Waals surface area contributed by atoms with Gasteiger partial charge in [-0.2, -0.15) is 0 Å². The number of ether oxygens (including phenoxy) is 3. The van der Waals surface area contributed by atoms with Gasteiger partial charge in [0.2, 0.25) is 11.6 Å². The fourth-order valence-corrected chi connectivity index (χ4v) is 4.92. The molecule has 1 heterocycles. The molecule has 1 aliphatic carbocycles. The summed E-state index contributed by atoms with van der Waals surface area (Å²) >= 11 is 0. The topological polar surface area (TPSA) is 183 Å². The Labute approximate surface area is 245 Å². The summed E-state index contributed by atoms with van der Waals surface area (Å²) in [4.78, 5) is 62.1. The highest BCUT2D eigenvalue weighted by atomic mass is 16.6. The van der Waals surface area contributed by atoms with Crippen LogP contribution in [-0.4, -0.2) is 80.1 Å². The maximum Gasteiger partial charge on any atom is 0.405 e. The molecule has 6 atom stereocenters. The summed E-state index contributed by atoms with van der Waals surface area (Å²) in [6, 6.07) is 0. The molecule has 0 aromatic carbocycles. The van der Waals surface area contributed by atoms with Gasteiger partial charge in [0.15, 0.2) is 6.10 Å². The lowest BCUT2D eigenvalue weighted by atomic mass is 9.85. The summed E-state index contributed by atoms with van der Waals surface area (Å²) in [6.45, 7) is 6.67. The standard InChI is InChI=1S/C30H41N3O9/c1-16-12-20-25(32-10-11-34)22(35)15-21(27(20)37)33-29(38)17(2)8-7-9-23(40-5)28(42-30(31)39)19(4)14-18(3)26(36)24(13-16)41-6/h7-9,11,14-16,18,23-24,26,28,32,36H,10,12-13H2,1-6H3,(H2,31,39)(H,33,38)/b9-7-,17-8+,19-14+. The summed E-state index contributed by atoms with van der Waals surface area (Å²) in [5.41, 5.74) is 6.02. The number of methoxy groups -OCH3 is 2. The molecule has 230 valence electrons. The normalized spacial score (nSPS) is 31.6. The first-order chi connectivity index (χ1) is 19.8. The van der Waals surface area contributed by atoms with Crippen LogP contribution in [0, 0.1) is 11.8 Å². The van der Waals surface area contributed by atoms with E-state index in [1.165, 1.54) is 33.3 Å². The van der Waals surface area contributed by atoms with Crippen LogP contribution in [0.4, 0.5) is 4.79 Å². The number of rotatable bonds is 6. The summed E-state index contributed by atoms with van der Waals surface area (Å²) in [7, 11) is 2.88. The van der Waals surface area contributed by atoms with Gasteiger partial charge in [-0.05, 0) is 38.2 Å². The number of aldehydes is 1. The SMILES string of the molecule is COC1/C=C\C=C(/C)C(=O)NC2=CC(=O)C(NCC=O)=C(CC(C)CC(OC)C(O)C(C)/C=C(\C)C1OC(N)=O)C2=O. The van der Waals surface area contributed by atoms with Gasteiger partial charge >= 0.3 is 6.09 Å². The van der Waals surface area contributed by atoms with Crippen LogP contribution >= 0.6 is 0 Å². The molecule has 42 heavy (non-hydrogen) atoms. The van der Waals surface area contributed by atoms with Gasteiger partial charge in [0.05, 0.1) is 30.1 Å². The Kier molecular flexibility index (Phi) is 13.0. The minimum absolute atomic E-state index is 0.00872. The molecule has 0 saturated carbocycles. The minimum atomic E-state index is -1.01. The lowest BCUT2D eigenvalue weighted by Crippen LogP contribution is -2.38. The van der Waals surface area contributed by atoms with E-state index in [4.69, 9.17) is 19.9 Å². The van der Waals surface area contributed by atoms with Crippen LogP contribution < -0.4 is 16.4 Å². The van der Waals surface area contributed by atoms with E-state index in [-0.39, 0.29) is 41.4 Å². The second-order valence-corrected chi connectivity index (χ2v) is 10.5. The molecule has 0 fully saturated rings. The van der Waals surface area contributed by atoms with Crippen LogP contribution in [0.25, 0.3) is 0 Å². The molecule has 2 aliphatic rings. The monoisotopic (exact) mass is 587 g/mol. The van der Waals surface area contributed by atoms with Crippen LogP contribution in [0.1, 0.15) is 40.5 Å². The number of nitrogens with one attached hydrogen (secondary N) is 2. The zero-order chi connectivity index (χ0) is 31.6. The van der Waals surface area contributed by atoms with Gasteiger partial charge in [-0.25, -0.2) is 4.79 Å². The minimum Gasteiger partial charge on any atom is -0.439 e. The number of carbonyl (C=O) groups is 5. The fourth-order valence-electron chi connectivity index (χ4n) is 4.92. The third-order valence-corrected chi connectivity index (χ3v) is 7.16. The number of hydrogen-bond donors (Lipinski definition) is 4. The van der Waals surface area contributed by atoms with Crippen molar-refractivity contribution in [3.63, 3.8) is 0 Å². The largest absolute Gasteiger partial charge is 0.439 e. The van der Waals surface area contributed by atoms with E-state index in [9.17, 15) is 29.1 Å². The molecule has 5 N–H and O–H groups in total. The number of primary amides is 1. The molecule has 6 unspecified atom stereocenters. The van der Waals surface area contributed by atoms with Gasteiger partial charge < -0.3 is 40.5 Å². The molecule has 0 aromatic rings. The summed E-state index contributed by atoms with van der Waals surface area (Å²) in [5, 5.41) is 16.4. The van der Waals surface area contributed by atoms with E-state index in [1.54, 1.807) is 26.0 Å². The number of hydrogen-bond acceptors (Lipinski definition) is 10. The van der Waals surface area contributed by atoms with E-state index in [0.29, 0.717) is 18.3 Å². The molecule has 0 radical (unpaired) electrons. The predicted molar refractivity (Wildman–Crippen MR) is 154 cm³/mol. The number of ketones is 2. The Morgan fingerprint density at radius 2 is 1.88 bits per heavy atom. The zero-order valence-electron chi connectivity index (χ0n) is 24.8. The third-order valence-electron chi connectivity index (χ3n) is 7.16. The van der Waals surface area contributed by atoms with Gasteiger partial charge in [-0.15, -0.1) is 0 Å². The smallest absolute Gasteiger partial charge is 0.405 e. The highest BCUT2D eigenvalue weighted by Crippen LogP contribution is 2.28. The van der Waals surface area contributed by atoms with Crippen molar-refractivity contribution in [2.24, 2.45) is 17.6 Å². The summed E-state index contributed by atoms with van der Waals surface area (Å²) < 4.78 is 16.5. The molecule has 0 aromatic heterocycles. The molecular weight excluding hydrogens is 546 g/mol. The quantitative estimate of drug-likeness (QED) is 0.202. The zero-order valence-corrected chi connectivity index (χ0v) is 24.8. The summed E-state index contributed by atoms with van der Waals surface area (Å²) in [6.07, 6.45) is 3.90. The van der Waals surface area contributed by atoms with Crippen LogP contribution in [0.2, 0.25) is 0 Å². The van der Waals surface area contributed by atoms with E-state index in [0.717, 1.165) is 6.08 Å². The highest BCUT2D eigenvalue weighted by molar-refractivity contribution is 6.23. The maximum atomic E-state index is 13.5. The maximum absolute atomic E-state index is 13.5. The predicted octanol–water partition coefficient (Wildman–Crippen LogP) is 1.55. The number of carbonyl (C=O) groups excluding carboxylic acids is 5. The van der Waals surface area contributed by atoms with Crippen molar-refractivity contribution in [1.82, 2.24) is 10.6 Å². The van der Waals surface area contributed by atoms with Crippen LogP contribution in [-0.2, 0) is 33.4 Å². The number of aliphatic hydroxyl groups is 1. The lowest BCUT2D eigenvalue weighted by molar-refractivity contribution is -0.120. The van der Waals surface area contributed by atoms with Gasteiger partial charge in [0.1, 0.15) is 12.4 Å². The van der Waals surface area contributed by atoms with E-state index in [1.807, 2.05) is 6.92 Å². The number of fused-ring (bicyclic) bond motifs is 2. The van der Waals surface area contributed by atoms with E-state index < -0.39 is 53.9 Å². The van der Waals surface area contributed by atoms with Gasteiger partial charge in [-0.1, -0.05) is 38.2 Å². The molecule has 1 aliphatic heterocycles. The van der Waals surface area contributed by atoms with Crippen molar-refractivity contribution >= 4 is 29.9 Å². The van der Waals surface area contributed by atoms with Crippen LogP contribution in [0.3, 0.4) is 0 Å². The summed E-state index contributed by atoms with van der Waals surface area (Å²) in [5.74, 6) is -2.47. The van der Waals surface area contributed by atoms with E-state index >= 15 is 0 Å². The molecule has 2 amide bonds. The molecule has 0 spiro atoms. The van der Waals surface area contributed by atoms with Crippen molar-refractivity contribution in [2.75, 3.05) is 20.8 Å². The Morgan fingerprint density at radius 3 is 2.48 bits per heavy atom. The number of nitrogens with two attached hydrogens (primary N) is 1. The fraction of sp³-hybridized carbons (Fsp3) is 0.500. The van der Waals surface area contributed by atoms with Crippen molar-refractivity contribution in [1.29, 1.82) is 0 Å². The van der Waals surface area contributed by atoms with Crippen molar-refractivity contribution in [3.05, 3.63) is 58.5 Å². The van der Waals surface area contributed by atoms with Crippen molar-refractivity contribution < 1.29 is 43.3 Å². The average Bonchev–Trinajstić information content (AvgIpc) is 2.94. The first-order valence-corrected chi connectivity index (χ1v) is 13.6. The number of amides is 2. The lowest BCUT2D eigenvalue weighted by Gasteiger charge is -2.30. The Bertz CT molecular complexity index is 1210. The number of Topliss-reactive ketones (excluding diaryl/α,β-unsaturated/α-hetero) is 1. The Hall–Kier alpha value is -3.87. The Balaban J connectivity index is 2.62. The van der Waals surface area contributed by atoms with Crippen LogP contribution in [0.5, 0.6) is 0 Å². The van der Waals surface area contributed by atoms with Crippen LogP contribution in [0.15, 0.2) is 58.5 Å². The average molecular weight is 588 g/mol. The number of aliphatic hydroxyl groups excluding tert-OH is 1.